The molecule has 6 heterocycles. The monoisotopic (exact) mass is 680 g/mol. The highest BCUT2D eigenvalue weighted by atomic mass is 19.1. The number of benzene rings is 1. The molecule has 50 heavy (non-hydrogen) atoms. The van der Waals surface area contributed by atoms with Gasteiger partial charge in [-0.15, -0.1) is 0 Å². The Labute approximate surface area is 288 Å². The summed E-state index contributed by atoms with van der Waals surface area (Å²) in [5, 5.41) is 18.3. The predicted octanol–water partition coefficient (Wildman–Crippen LogP) is 4.12. The van der Waals surface area contributed by atoms with Crippen LogP contribution in [-0.2, 0) is 23.8 Å². The molecule has 2 aliphatic heterocycles. The number of hydrogen-bond acceptors (Lipinski definition) is 10. The summed E-state index contributed by atoms with van der Waals surface area (Å²) in [5.41, 5.74) is 2.13. The predicted molar refractivity (Wildman–Crippen MR) is 191 cm³/mol. The Kier molecular flexibility index (Phi) is 8.75. The SMILES string of the molecule is C[C@H]1CN(C2COC2)CCN1c1ccc(Nc2cc(-c3ccnc(-n4ncc5cc(C(C)(C)C)cc(F)c5c4=O)c3CO)cn(C)c2=O)nc1. The highest BCUT2D eigenvalue weighted by Gasteiger charge is 2.32. The molecule has 5 aromatic rings. The van der Waals surface area contributed by atoms with E-state index in [1.165, 1.54) is 23.0 Å². The zero-order chi connectivity index (χ0) is 35.3. The van der Waals surface area contributed by atoms with Crippen LogP contribution in [0.15, 0.2) is 70.8 Å². The fourth-order valence-corrected chi connectivity index (χ4v) is 6.76. The van der Waals surface area contributed by atoms with E-state index in [1.54, 1.807) is 31.4 Å². The van der Waals surface area contributed by atoms with E-state index in [9.17, 15) is 14.7 Å². The molecule has 1 atom stereocenters. The molecular weight excluding hydrogens is 639 g/mol. The first kappa shape index (κ1) is 33.5. The number of anilines is 3. The summed E-state index contributed by atoms with van der Waals surface area (Å²) in [5.74, 6) is -0.0857. The molecule has 12 nitrogen and oxygen atoms in total. The molecule has 2 fully saturated rings. The first-order chi connectivity index (χ1) is 23.9. The van der Waals surface area contributed by atoms with Crippen molar-refractivity contribution in [1.29, 1.82) is 0 Å². The summed E-state index contributed by atoms with van der Waals surface area (Å²) >= 11 is 0. The number of nitrogens with zero attached hydrogens (tertiary/aromatic N) is 7. The first-order valence-electron chi connectivity index (χ1n) is 16.8. The van der Waals surface area contributed by atoms with Gasteiger partial charge in [-0.25, -0.2) is 14.4 Å². The van der Waals surface area contributed by atoms with Gasteiger partial charge in [0.25, 0.3) is 11.1 Å². The normalized spacial score (nSPS) is 17.3. The maximum Gasteiger partial charge on any atom is 0.283 e. The van der Waals surface area contributed by atoms with Gasteiger partial charge in [0.05, 0.1) is 49.3 Å². The molecule has 260 valence electrons. The third kappa shape index (κ3) is 6.16. The average molecular weight is 681 g/mol. The number of ether oxygens (including phenoxy) is 1. The minimum absolute atomic E-state index is 0.0629. The van der Waals surface area contributed by atoms with Gasteiger partial charge >= 0.3 is 0 Å². The smallest absolute Gasteiger partial charge is 0.283 e. The van der Waals surface area contributed by atoms with Crippen molar-refractivity contribution in [3.8, 4) is 16.9 Å². The molecule has 0 unspecified atom stereocenters. The standard InChI is InChI=1S/C37H41FN8O4/c1-22-17-44(27-20-50-21-27)10-11-45(22)26-6-7-32(40-16-26)42-31-13-24(18-43(5)35(31)48)28-8-9-39-34(29(28)19-47)46-36(49)33-23(15-41-46)12-25(14-30(33)38)37(2,3)4/h6-9,12-16,18,22,27,47H,10-11,17,19-21H2,1-5H3,(H,40,42)/t22-/m0/s1. The topological polar surface area (TPSA) is 131 Å². The van der Waals surface area contributed by atoms with Crippen LogP contribution in [0.1, 0.15) is 38.8 Å². The Morgan fingerprint density at radius 2 is 1.84 bits per heavy atom. The molecule has 2 saturated heterocycles. The van der Waals surface area contributed by atoms with Gasteiger partial charge in [0.2, 0.25) is 0 Å². The van der Waals surface area contributed by atoms with Crippen molar-refractivity contribution in [3.05, 3.63) is 98.8 Å². The van der Waals surface area contributed by atoms with Crippen LogP contribution in [0.2, 0.25) is 0 Å². The number of fused-ring (bicyclic) bond motifs is 1. The lowest BCUT2D eigenvalue weighted by atomic mass is 9.86. The average Bonchev–Trinajstić information content (AvgIpc) is 3.05. The van der Waals surface area contributed by atoms with Gasteiger partial charge in [0.15, 0.2) is 5.82 Å². The molecule has 0 aliphatic carbocycles. The number of aryl methyl sites for hydroxylation is 1. The van der Waals surface area contributed by atoms with Crippen molar-refractivity contribution in [1.82, 2.24) is 29.2 Å². The van der Waals surface area contributed by atoms with Crippen molar-refractivity contribution in [2.45, 2.75) is 51.8 Å². The minimum atomic E-state index is -0.693. The first-order valence-corrected chi connectivity index (χ1v) is 16.8. The molecule has 0 amide bonds. The molecule has 13 heteroatoms. The lowest BCUT2D eigenvalue weighted by Crippen LogP contribution is -2.59. The van der Waals surface area contributed by atoms with E-state index < -0.39 is 18.0 Å². The summed E-state index contributed by atoms with van der Waals surface area (Å²) < 4.78 is 23.2. The van der Waals surface area contributed by atoms with Crippen molar-refractivity contribution in [2.75, 3.05) is 43.1 Å². The lowest BCUT2D eigenvalue weighted by Gasteiger charge is -2.46. The van der Waals surface area contributed by atoms with E-state index in [0.717, 1.165) is 48.8 Å². The maximum absolute atomic E-state index is 15.4. The van der Waals surface area contributed by atoms with E-state index in [1.807, 2.05) is 39.1 Å². The van der Waals surface area contributed by atoms with Gasteiger partial charge < -0.3 is 24.6 Å². The minimum Gasteiger partial charge on any atom is -0.392 e. The number of aliphatic hydroxyl groups excluding tert-OH is 1. The summed E-state index contributed by atoms with van der Waals surface area (Å²) in [7, 11) is 1.63. The number of pyridine rings is 3. The molecule has 0 bridgehead atoms. The van der Waals surface area contributed by atoms with Gasteiger partial charge in [0, 0.05) is 61.6 Å². The Hall–Kier alpha value is -4.98. The molecule has 2 aliphatic rings. The fraction of sp³-hybridized carbons (Fsp3) is 0.378. The summed E-state index contributed by atoms with van der Waals surface area (Å²) in [6.45, 7) is 12.1. The van der Waals surface area contributed by atoms with Crippen molar-refractivity contribution < 1.29 is 14.2 Å². The Morgan fingerprint density at radius 3 is 2.50 bits per heavy atom. The van der Waals surface area contributed by atoms with Crippen LogP contribution in [0.3, 0.4) is 0 Å². The molecule has 0 spiro atoms. The molecule has 7 rings (SSSR count). The molecular formula is C37H41FN8O4. The molecule has 0 saturated carbocycles. The van der Waals surface area contributed by atoms with Crippen LogP contribution in [0.25, 0.3) is 27.7 Å². The number of halogens is 1. The van der Waals surface area contributed by atoms with Gasteiger partial charge in [0.1, 0.15) is 17.3 Å². The highest BCUT2D eigenvalue weighted by Crippen LogP contribution is 2.30. The molecule has 2 N–H and O–H groups in total. The van der Waals surface area contributed by atoms with E-state index in [4.69, 9.17) is 4.74 Å². The van der Waals surface area contributed by atoms with Gasteiger partial charge in [-0.3, -0.25) is 14.5 Å². The summed E-state index contributed by atoms with van der Waals surface area (Å²) in [6.07, 6.45) is 6.38. The summed E-state index contributed by atoms with van der Waals surface area (Å²) in [6, 6.07) is 11.2. The molecule has 0 radical (unpaired) electrons. The van der Waals surface area contributed by atoms with E-state index in [0.29, 0.717) is 40.0 Å². The zero-order valence-corrected chi connectivity index (χ0v) is 28.9. The number of nitrogens with one attached hydrogen (secondary N) is 1. The van der Waals surface area contributed by atoms with Crippen molar-refractivity contribution in [3.63, 3.8) is 0 Å². The third-order valence-corrected chi connectivity index (χ3v) is 9.73. The zero-order valence-electron chi connectivity index (χ0n) is 28.9. The second-order valence-electron chi connectivity index (χ2n) is 14.2. The number of aromatic nitrogens is 5. The van der Waals surface area contributed by atoms with Crippen LogP contribution < -0.4 is 21.3 Å². The van der Waals surface area contributed by atoms with E-state index >= 15 is 4.39 Å². The largest absolute Gasteiger partial charge is 0.392 e. The van der Waals surface area contributed by atoms with Gasteiger partial charge in [-0.1, -0.05) is 20.8 Å². The Balaban J connectivity index is 1.18. The molecule has 4 aromatic heterocycles. The number of piperazine rings is 1. The van der Waals surface area contributed by atoms with Gasteiger partial charge in [-0.2, -0.15) is 9.78 Å². The van der Waals surface area contributed by atoms with Crippen molar-refractivity contribution >= 4 is 28.0 Å². The second kappa shape index (κ2) is 13.0. The number of hydrogen-bond donors (Lipinski definition) is 2. The van der Waals surface area contributed by atoms with E-state index in [-0.39, 0.29) is 27.9 Å². The van der Waals surface area contributed by atoms with Crippen LogP contribution in [0.5, 0.6) is 0 Å². The van der Waals surface area contributed by atoms with E-state index in [2.05, 4.69) is 37.1 Å². The van der Waals surface area contributed by atoms with Crippen molar-refractivity contribution in [2.24, 2.45) is 7.05 Å². The van der Waals surface area contributed by atoms with Gasteiger partial charge in [-0.05, 0) is 59.9 Å². The quantitative estimate of drug-likeness (QED) is 0.259. The number of rotatable bonds is 7. The maximum atomic E-state index is 15.4. The Morgan fingerprint density at radius 1 is 1.04 bits per heavy atom. The van der Waals surface area contributed by atoms with Crippen LogP contribution in [0.4, 0.5) is 21.6 Å². The highest BCUT2D eigenvalue weighted by molar-refractivity contribution is 5.83. The van der Waals surface area contributed by atoms with Crippen LogP contribution in [-0.4, -0.2) is 79.3 Å². The molecule has 1 aromatic carbocycles. The fourth-order valence-electron chi connectivity index (χ4n) is 6.76. The third-order valence-electron chi connectivity index (χ3n) is 9.73. The van der Waals surface area contributed by atoms with Crippen LogP contribution in [0, 0.1) is 5.82 Å². The summed E-state index contributed by atoms with van der Waals surface area (Å²) in [4.78, 5) is 40.7. The lowest BCUT2D eigenvalue weighted by molar-refractivity contribution is -0.0691. The van der Waals surface area contributed by atoms with Crippen LogP contribution >= 0.6 is 0 Å². The number of aliphatic hydroxyl groups is 1. The Bertz CT molecular complexity index is 2190. The second-order valence-corrected chi connectivity index (χ2v) is 14.2.